The summed E-state index contributed by atoms with van der Waals surface area (Å²) in [7, 11) is 0. The monoisotopic (exact) mass is 856 g/mol. The smallest absolute Gasteiger partial charge is 0 e. The van der Waals surface area contributed by atoms with E-state index in [4.69, 9.17) is 16.0 Å². The summed E-state index contributed by atoms with van der Waals surface area (Å²) in [5, 5.41) is 5.26. The van der Waals surface area contributed by atoms with Gasteiger partial charge in [0.25, 0.3) is 0 Å². The molecule has 0 aliphatic carbocycles. The van der Waals surface area contributed by atoms with Crippen molar-refractivity contribution in [2.45, 2.75) is 61.3 Å². The molecule has 6 aromatic rings. The molecule has 6 aromatic carbocycles. The Morgan fingerprint density at radius 3 is 0.782 bits per heavy atom. The summed E-state index contributed by atoms with van der Waals surface area (Å²) in [6, 6.07) is 64.4. The third-order valence-electron chi connectivity index (χ3n) is 9.79. The maximum absolute atomic E-state index is 8.81. The van der Waals surface area contributed by atoms with Gasteiger partial charge in [0.1, 0.15) is 6.29 Å². The van der Waals surface area contributed by atoms with Crippen molar-refractivity contribution < 1.29 is 6.22 Å². The minimum Gasteiger partial charge on any atom is 0 e. The SMILES string of the molecule is C/C=C/C.CC=O.CCCC.CCP(Br)(c1ccccc1)(c1ccccc1)c1ccccc1.CCP(Cl)(c1ccccc1)(c1ccccc1)c1ccccc1.[HH]. The molecule has 0 unspecified atom stereocenters. The Balaban J connectivity index is 0.000000438. The van der Waals surface area contributed by atoms with Gasteiger partial charge >= 0.3 is 278 Å². The van der Waals surface area contributed by atoms with Crippen LogP contribution < -0.4 is 31.8 Å². The number of rotatable bonds is 9. The molecule has 5 heteroatoms. The van der Waals surface area contributed by atoms with E-state index in [1.165, 1.54) is 51.6 Å². The van der Waals surface area contributed by atoms with Gasteiger partial charge in [-0.05, 0) is 20.8 Å². The quantitative estimate of drug-likeness (QED) is 0.0804. The van der Waals surface area contributed by atoms with Crippen molar-refractivity contribution in [3.63, 3.8) is 0 Å². The van der Waals surface area contributed by atoms with Crippen molar-refractivity contribution in [3.05, 3.63) is 194 Å². The Bertz CT molecular complexity index is 1590. The number of unbranched alkanes of at least 4 members (excludes halogenated alkanes) is 1. The molecule has 0 N–H and O–H groups in total. The fourth-order valence-corrected chi connectivity index (χ4v) is 18.3. The Kier molecular flexibility index (Phi) is 20.8. The molecular formula is C50H64BrClOP2. The molecule has 0 saturated carbocycles. The van der Waals surface area contributed by atoms with Crippen LogP contribution in [0.1, 0.15) is 62.7 Å². The molecule has 0 aliphatic heterocycles. The first kappa shape index (κ1) is 47.5. The maximum Gasteiger partial charge on any atom is 0 e. The third-order valence-corrected chi connectivity index (χ3v) is 28.1. The van der Waals surface area contributed by atoms with E-state index in [1.807, 2.05) is 44.2 Å². The first-order valence-electron chi connectivity index (χ1n) is 19.4. The van der Waals surface area contributed by atoms with E-state index >= 15 is 0 Å². The van der Waals surface area contributed by atoms with Gasteiger partial charge in [-0.25, -0.2) is 0 Å². The van der Waals surface area contributed by atoms with Crippen LogP contribution in [0, 0.1) is 0 Å². The molecule has 0 aliphatic rings. The summed E-state index contributed by atoms with van der Waals surface area (Å²) in [4.78, 5) is 8.81. The van der Waals surface area contributed by atoms with Gasteiger partial charge in [0.2, 0.25) is 0 Å². The van der Waals surface area contributed by atoms with Crippen LogP contribution in [0.5, 0.6) is 0 Å². The minimum absolute atomic E-state index is 0. The normalized spacial score (nSPS) is 12.1. The predicted molar refractivity (Wildman–Crippen MR) is 261 cm³/mol. The molecule has 6 rings (SSSR count). The molecule has 0 aromatic heterocycles. The van der Waals surface area contributed by atoms with E-state index in [1.54, 1.807) is 0 Å². The molecule has 55 heavy (non-hydrogen) atoms. The number of allylic oxidation sites excluding steroid dienone is 2. The largest absolute Gasteiger partial charge is 0 e. The molecule has 0 bridgehead atoms. The molecule has 0 amide bonds. The van der Waals surface area contributed by atoms with E-state index in [-0.39, 0.29) is 1.43 Å². The first-order chi connectivity index (χ1) is 26.6. The van der Waals surface area contributed by atoms with Gasteiger partial charge in [0, 0.05) is 1.43 Å². The second kappa shape index (κ2) is 24.1. The predicted octanol–water partition coefficient (Wildman–Crippen LogP) is 13.4. The molecule has 0 spiro atoms. The third kappa shape index (κ3) is 11.2. The molecule has 0 radical (unpaired) electrons. The van der Waals surface area contributed by atoms with Gasteiger partial charge in [-0.2, -0.15) is 0 Å². The van der Waals surface area contributed by atoms with E-state index in [9.17, 15) is 0 Å². The molecule has 0 heterocycles. The Morgan fingerprint density at radius 2 is 0.636 bits per heavy atom. The molecule has 294 valence electrons. The van der Waals surface area contributed by atoms with E-state index < -0.39 is 11.3 Å². The zero-order chi connectivity index (χ0) is 40.5. The molecule has 1 nitrogen and oxygen atoms in total. The number of aldehydes is 1. The van der Waals surface area contributed by atoms with Crippen LogP contribution in [0.15, 0.2) is 194 Å². The van der Waals surface area contributed by atoms with Crippen molar-refractivity contribution in [2.24, 2.45) is 0 Å². The Hall–Kier alpha value is -3.64. The van der Waals surface area contributed by atoms with Crippen molar-refractivity contribution in [1.29, 1.82) is 0 Å². The van der Waals surface area contributed by atoms with Gasteiger partial charge in [-0.15, -0.1) is 0 Å². The number of carbonyl (C=O) groups is 1. The van der Waals surface area contributed by atoms with Gasteiger partial charge in [-0.3, -0.25) is 0 Å². The van der Waals surface area contributed by atoms with Crippen LogP contribution in [0.2, 0.25) is 0 Å². The number of carbonyl (C=O) groups excluding carboxylic acids is 1. The van der Waals surface area contributed by atoms with Crippen molar-refractivity contribution in [3.8, 4) is 0 Å². The first-order valence-corrected chi connectivity index (χ1v) is 27.2. The van der Waals surface area contributed by atoms with Gasteiger partial charge in [0.05, 0.1) is 0 Å². The summed E-state index contributed by atoms with van der Waals surface area (Å²) >= 11 is 12.0. The second-order valence-electron chi connectivity index (χ2n) is 12.9. The average molecular weight is 858 g/mol. The summed E-state index contributed by atoms with van der Waals surface area (Å²) in [5.74, 6) is -2.93. The zero-order valence-corrected chi connectivity index (χ0v) is 38.1. The topological polar surface area (TPSA) is 17.1 Å². The summed E-state index contributed by atoms with van der Waals surface area (Å²) < 4.78 is 0. The van der Waals surface area contributed by atoms with Crippen LogP contribution in [-0.2, 0) is 4.79 Å². The Morgan fingerprint density at radius 1 is 0.436 bits per heavy atom. The van der Waals surface area contributed by atoms with Crippen molar-refractivity contribution in [2.75, 3.05) is 12.3 Å². The number of halogens is 2. The van der Waals surface area contributed by atoms with Crippen LogP contribution in [0.4, 0.5) is 0 Å². The Labute approximate surface area is 348 Å². The standard InChI is InChI=1S/C20H20BrP.C20H20ClP.C4H10.C4H8.C2H4O.H2/c2*1-2-22(21,18-12-6-3-7-13-18,19-14-8-4-9-15-19)20-16-10-5-11-17-20;2*1-3-4-2;1-2-3;/h2*3-17H,2H2,1H3;3-4H2,1-2H3;3-4H,1-2H3;2H,1H3;1H/b;;;4-3+;;. The zero-order valence-electron chi connectivity index (χ0n) is 33.9. The van der Waals surface area contributed by atoms with Crippen LogP contribution in [0.3, 0.4) is 0 Å². The molecule has 0 saturated heterocycles. The average Bonchev–Trinajstić information content (AvgIpc) is 3.28. The van der Waals surface area contributed by atoms with Crippen LogP contribution in [-0.4, -0.2) is 18.6 Å². The van der Waals surface area contributed by atoms with E-state index in [2.05, 4.69) is 207 Å². The van der Waals surface area contributed by atoms with Gasteiger partial charge < -0.3 is 4.79 Å². The number of hydrogen-bond acceptors (Lipinski definition) is 1. The molecule has 0 atom stereocenters. The van der Waals surface area contributed by atoms with E-state index in [0.29, 0.717) is 0 Å². The minimum atomic E-state index is -2.93. The van der Waals surface area contributed by atoms with E-state index in [0.717, 1.165) is 18.6 Å². The molecular weight excluding hydrogens is 794 g/mol. The fourth-order valence-electron chi connectivity index (χ4n) is 6.42. The van der Waals surface area contributed by atoms with Gasteiger partial charge in [-0.1, -0.05) is 38.8 Å². The summed E-state index contributed by atoms with van der Waals surface area (Å²) in [5.41, 5.74) is 0. The second-order valence-corrected chi connectivity index (χ2v) is 28.9. The number of hydrogen-bond donors (Lipinski definition) is 0. The fraction of sp³-hybridized carbons (Fsp3) is 0.220. The van der Waals surface area contributed by atoms with Crippen LogP contribution >= 0.6 is 38.0 Å². The summed E-state index contributed by atoms with van der Waals surface area (Å²) in [6.07, 6.45) is 9.33. The maximum atomic E-state index is 8.81. The van der Waals surface area contributed by atoms with Gasteiger partial charge in [0.15, 0.2) is 0 Å². The molecule has 0 fully saturated rings. The number of benzene rings is 6. The van der Waals surface area contributed by atoms with Crippen molar-refractivity contribution >= 4 is 76.1 Å². The van der Waals surface area contributed by atoms with Crippen molar-refractivity contribution in [1.82, 2.24) is 0 Å². The summed E-state index contributed by atoms with van der Waals surface area (Å²) in [6.45, 7) is 14.3. The van der Waals surface area contributed by atoms with Crippen LogP contribution in [0.25, 0.3) is 0 Å².